The van der Waals surface area contributed by atoms with Gasteiger partial charge in [-0.05, 0) is 40.0 Å². The lowest BCUT2D eigenvalue weighted by molar-refractivity contribution is -0.119. The van der Waals surface area contributed by atoms with E-state index in [4.69, 9.17) is 0 Å². The Balaban J connectivity index is 4.12. The van der Waals surface area contributed by atoms with E-state index in [0.717, 1.165) is 19.1 Å². The summed E-state index contributed by atoms with van der Waals surface area (Å²) in [7, 11) is 0. The van der Waals surface area contributed by atoms with E-state index in [-0.39, 0.29) is 11.2 Å². The fourth-order valence-corrected chi connectivity index (χ4v) is 1.40. The molecule has 2 nitrogen and oxygen atoms in total. The van der Waals surface area contributed by atoms with Crippen LogP contribution in [-0.4, -0.2) is 12.1 Å². The highest BCUT2D eigenvalue weighted by molar-refractivity contribution is 5.76. The third-order valence-corrected chi connectivity index (χ3v) is 2.60. The van der Waals surface area contributed by atoms with Crippen LogP contribution in [0.2, 0.25) is 0 Å². The molecule has 0 N–H and O–H groups in total. The number of rotatable bonds is 7. The normalized spacial score (nSPS) is 14.1. The smallest absolute Gasteiger partial charge is 0.129 e. The van der Waals surface area contributed by atoms with Crippen molar-refractivity contribution in [1.29, 1.82) is 0 Å². The van der Waals surface area contributed by atoms with Gasteiger partial charge in [-0.15, -0.1) is 0 Å². The maximum atomic E-state index is 11.0. The lowest BCUT2D eigenvalue weighted by Crippen LogP contribution is -2.19. The van der Waals surface area contributed by atoms with Crippen LogP contribution < -0.4 is 0 Å². The zero-order valence-electron chi connectivity index (χ0n) is 10.3. The van der Waals surface area contributed by atoms with Crippen molar-refractivity contribution in [2.24, 2.45) is 5.41 Å². The minimum Gasteiger partial charge on any atom is -0.303 e. The standard InChI is InChI=1S/C13H22O2/c1-11(2)6-5-8-13(4,10-14)9-7-12(3)15/h6,10H,5,7-9H2,1-4H3. The van der Waals surface area contributed by atoms with Gasteiger partial charge in [0, 0.05) is 11.8 Å². The van der Waals surface area contributed by atoms with Crippen LogP contribution in [-0.2, 0) is 9.59 Å². The first-order valence-electron chi connectivity index (χ1n) is 5.49. The van der Waals surface area contributed by atoms with E-state index in [1.807, 2.05) is 20.8 Å². The Labute approximate surface area is 92.8 Å². The van der Waals surface area contributed by atoms with Gasteiger partial charge in [0.15, 0.2) is 0 Å². The van der Waals surface area contributed by atoms with Gasteiger partial charge in [-0.3, -0.25) is 0 Å². The predicted octanol–water partition coefficient (Wildman–Crippen LogP) is 3.31. The maximum Gasteiger partial charge on any atom is 0.129 e. The molecule has 1 unspecified atom stereocenters. The molecule has 86 valence electrons. The lowest BCUT2D eigenvalue weighted by Gasteiger charge is -2.21. The molecule has 1 atom stereocenters. The number of carbonyl (C=O) groups is 2. The van der Waals surface area contributed by atoms with Gasteiger partial charge in [0.2, 0.25) is 0 Å². The van der Waals surface area contributed by atoms with Gasteiger partial charge in [0.05, 0.1) is 0 Å². The Bertz CT molecular complexity index is 249. The van der Waals surface area contributed by atoms with Crippen molar-refractivity contribution >= 4 is 12.1 Å². The molecule has 0 rings (SSSR count). The number of hydrogen-bond acceptors (Lipinski definition) is 2. The molecule has 15 heavy (non-hydrogen) atoms. The molecule has 0 aromatic carbocycles. The van der Waals surface area contributed by atoms with Crippen molar-refractivity contribution in [3.05, 3.63) is 11.6 Å². The van der Waals surface area contributed by atoms with E-state index in [1.54, 1.807) is 6.92 Å². The largest absolute Gasteiger partial charge is 0.303 e. The fourth-order valence-electron chi connectivity index (χ4n) is 1.40. The molecule has 0 aliphatic rings. The van der Waals surface area contributed by atoms with Crippen molar-refractivity contribution in [2.45, 2.75) is 53.4 Å². The van der Waals surface area contributed by atoms with Gasteiger partial charge in [-0.1, -0.05) is 18.6 Å². The first-order valence-corrected chi connectivity index (χ1v) is 5.49. The van der Waals surface area contributed by atoms with E-state index in [0.29, 0.717) is 12.8 Å². The molecule has 0 spiro atoms. The Kier molecular flexibility index (Phi) is 6.14. The summed E-state index contributed by atoms with van der Waals surface area (Å²) in [6, 6.07) is 0. The predicted molar refractivity (Wildman–Crippen MR) is 62.8 cm³/mol. The minimum atomic E-state index is -0.336. The highest BCUT2D eigenvalue weighted by Gasteiger charge is 2.22. The van der Waals surface area contributed by atoms with Gasteiger partial charge in [-0.25, -0.2) is 0 Å². The monoisotopic (exact) mass is 210 g/mol. The van der Waals surface area contributed by atoms with Crippen LogP contribution in [0.1, 0.15) is 53.4 Å². The Morgan fingerprint density at radius 1 is 1.20 bits per heavy atom. The summed E-state index contributed by atoms with van der Waals surface area (Å²) >= 11 is 0. The van der Waals surface area contributed by atoms with Crippen molar-refractivity contribution in [3.8, 4) is 0 Å². The zero-order chi connectivity index (χ0) is 11.9. The van der Waals surface area contributed by atoms with Crippen LogP contribution in [0.3, 0.4) is 0 Å². The SMILES string of the molecule is CC(=O)CCC(C)(C=O)CCC=C(C)C. The summed E-state index contributed by atoms with van der Waals surface area (Å²) in [5.74, 6) is 0.158. The number of allylic oxidation sites excluding steroid dienone is 2. The van der Waals surface area contributed by atoms with Crippen LogP contribution in [0.15, 0.2) is 11.6 Å². The van der Waals surface area contributed by atoms with E-state index in [1.165, 1.54) is 5.57 Å². The Hall–Kier alpha value is -0.920. The third kappa shape index (κ3) is 7.06. The second-order valence-electron chi connectivity index (χ2n) is 4.79. The number of hydrogen-bond donors (Lipinski definition) is 0. The van der Waals surface area contributed by atoms with Crippen LogP contribution >= 0.6 is 0 Å². The summed E-state index contributed by atoms with van der Waals surface area (Å²) in [6.45, 7) is 7.60. The summed E-state index contributed by atoms with van der Waals surface area (Å²) in [5, 5.41) is 0. The van der Waals surface area contributed by atoms with Crippen molar-refractivity contribution in [1.82, 2.24) is 0 Å². The minimum absolute atomic E-state index is 0.158. The van der Waals surface area contributed by atoms with Crippen molar-refractivity contribution in [2.75, 3.05) is 0 Å². The average molecular weight is 210 g/mol. The molecule has 0 radical (unpaired) electrons. The number of ketones is 1. The lowest BCUT2D eigenvalue weighted by atomic mass is 9.82. The average Bonchev–Trinajstić information content (AvgIpc) is 2.14. The number of carbonyl (C=O) groups excluding carboxylic acids is 2. The number of Topliss-reactive ketones (excluding diaryl/α,β-unsaturated/α-hetero) is 1. The van der Waals surface area contributed by atoms with Crippen LogP contribution in [0.5, 0.6) is 0 Å². The molecule has 0 aliphatic carbocycles. The van der Waals surface area contributed by atoms with Gasteiger partial charge < -0.3 is 9.59 Å². The number of aldehydes is 1. The quantitative estimate of drug-likeness (QED) is 0.477. The van der Waals surface area contributed by atoms with Crippen molar-refractivity contribution in [3.63, 3.8) is 0 Å². The molecule has 0 amide bonds. The molecular weight excluding hydrogens is 188 g/mol. The first kappa shape index (κ1) is 14.1. The third-order valence-electron chi connectivity index (χ3n) is 2.60. The van der Waals surface area contributed by atoms with E-state index in [9.17, 15) is 9.59 Å². The zero-order valence-corrected chi connectivity index (χ0v) is 10.3. The van der Waals surface area contributed by atoms with Crippen molar-refractivity contribution < 1.29 is 9.59 Å². The second kappa shape index (κ2) is 6.54. The highest BCUT2D eigenvalue weighted by Crippen LogP contribution is 2.27. The molecule has 2 heteroatoms. The Morgan fingerprint density at radius 2 is 1.80 bits per heavy atom. The molecule has 0 aliphatic heterocycles. The summed E-state index contributed by atoms with van der Waals surface area (Å²) in [6.07, 6.45) is 6.04. The maximum absolute atomic E-state index is 11.0. The second-order valence-corrected chi connectivity index (χ2v) is 4.79. The summed E-state index contributed by atoms with van der Waals surface area (Å²) in [5.41, 5.74) is 0.937. The molecule has 0 aromatic heterocycles. The van der Waals surface area contributed by atoms with E-state index in [2.05, 4.69) is 6.08 Å². The molecule has 0 heterocycles. The summed E-state index contributed by atoms with van der Waals surface area (Å²) in [4.78, 5) is 21.8. The van der Waals surface area contributed by atoms with E-state index < -0.39 is 0 Å². The van der Waals surface area contributed by atoms with Gasteiger partial charge >= 0.3 is 0 Å². The van der Waals surface area contributed by atoms with E-state index >= 15 is 0 Å². The van der Waals surface area contributed by atoms with Crippen LogP contribution in [0.25, 0.3) is 0 Å². The molecule has 0 saturated carbocycles. The first-order chi connectivity index (χ1) is 6.89. The van der Waals surface area contributed by atoms with Gasteiger partial charge in [0.1, 0.15) is 12.1 Å². The molecular formula is C13H22O2. The van der Waals surface area contributed by atoms with Crippen LogP contribution in [0, 0.1) is 5.41 Å². The Morgan fingerprint density at radius 3 is 2.20 bits per heavy atom. The highest BCUT2D eigenvalue weighted by atomic mass is 16.1. The van der Waals surface area contributed by atoms with Gasteiger partial charge in [0.25, 0.3) is 0 Å². The molecule has 0 fully saturated rings. The molecule has 0 aromatic rings. The fraction of sp³-hybridized carbons (Fsp3) is 0.692. The van der Waals surface area contributed by atoms with Gasteiger partial charge in [-0.2, -0.15) is 0 Å². The topological polar surface area (TPSA) is 34.1 Å². The summed E-state index contributed by atoms with van der Waals surface area (Å²) < 4.78 is 0. The molecule has 0 saturated heterocycles. The molecule has 0 bridgehead atoms. The van der Waals surface area contributed by atoms with Crippen LogP contribution in [0.4, 0.5) is 0 Å².